The highest BCUT2D eigenvalue weighted by Gasteiger charge is 2.24. The van der Waals surface area contributed by atoms with E-state index >= 15 is 0 Å². The normalized spacial score (nSPS) is 22.3. The number of aryl methyl sites for hydroxylation is 2. The standard InChI is InChI=1S/C18H20N2OS/c1-11-3-6-17-15(20-11)9-14(21-17)5-4-13-8-18-16(19-10-13)7-12(2)22-18/h3,6,8,10,12,14H,4-5,7,9H2,1-2H3. The van der Waals surface area contributed by atoms with E-state index in [0.717, 1.165) is 42.8 Å². The van der Waals surface area contributed by atoms with Crippen LogP contribution in [-0.4, -0.2) is 21.3 Å². The lowest BCUT2D eigenvalue weighted by atomic mass is 10.1. The highest BCUT2D eigenvalue weighted by atomic mass is 32.2. The summed E-state index contributed by atoms with van der Waals surface area (Å²) in [6, 6.07) is 6.39. The molecule has 0 saturated carbocycles. The van der Waals surface area contributed by atoms with Crippen LogP contribution >= 0.6 is 11.8 Å². The van der Waals surface area contributed by atoms with Crippen molar-refractivity contribution < 1.29 is 4.74 Å². The quantitative estimate of drug-likeness (QED) is 0.864. The number of thioether (sulfide) groups is 1. The number of nitrogens with zero attached hydrogens (tertiary/aromatic N) is 2. The number of hydrogen-bond donors (Lipinski definition) is 0. The van der Waals surface area contributed by atoms with E-state index in [1.165, 1.54) is 16.2 Å². The van der Waals surface area contributed by atoms with Gasteiger partial charge in [0.1, 0.15) is 11.9 Å². The lowest BCUT2D eigenvalue weighted by Gasteiger charge is -2.10. The van der Waals surface area contributed by atoms with Gasteiger partial charge in [0.05, 0.1) is 11.4 Å². The maximum absolute atomic E-state index is 6.01. The summed E-state index contributed by atoms with van der Waals surface area (Å²) in [5, 5.41) is 0.666. The topological polar surface area (TPSA) is 35.0 Å². The first-order valence-electron chi connectivity index (χ1n) is 7.95. The minimum atomic E-state index is 0.254. The average Bonchev–Trinajstić information content (AvgIpc) is 3.05. The van der Waals surface area contributed by atoms with Crippen molar-refractivity contribution in [3.05, 3.63) is 47.0 Å². The maximum Gasteiger partial charge on any atom is 0.141 e. The molecule has 114 valence electrons. The fraction of sp³-hybridized carbons (Fsp3) is 0.444. The van der Waals surface area contributed by atoms with Gasteiger partial charge in [0.2, 0.25) is 0 Å². The monoisotopic (exact) mass is 312 g/mol. The highest BCUT2D eigenvalue weighted by molar-refractivity contribution is 8.00. The van der Waals surface area contributed by atoms with E-state index in [-0.39, 0.29) is 6.10 Å². The zero-order valence-corrected chi connectivity index (χ0v) is 13.8. The minimum absolute atomic E-state index is 0.254. The molecule has 0 amide bonds. The number of hydrogen-bond acceptors (Lipinski definition) is 4. The molecule has 0 radical (unpaired) electrons. The van der Waals surface area contributed by atoms with Crippen LogP contribution in [0.1, 0.15) is 36.0 Å². The maximum atomic E-state index is 6.01. The summed E-state index contributed by atoms with van der Waals surface area (Å²) in [6.45, 7) is 4.30. The van der Waals surface area contributed by atoms with Gasteiger partial charge in [-0.2, -0.15) is 0 Å². The van der Waals surface area contributed by atoms with Gasteiger partial charge < -0.3 is 4.74 Å². The Balaban J connectivity index is 1.39. The Labute approximate surface area is 135 Å². The van der Waals surface area contributed by atoms with Crippen molar-refractivity contribution in [1.82, 2.24) is 9.97 Å². The van der Waals surface area contributed by atoms with Crippen molar-refractivity contribution in [2.45, 2.75) is 55.8 Å². The Kier molecular flexibility index (Phi) is 3.57. The zero-order valence-electron chi connectivity index (χ0n) is 13.0. The summed E-state index contributed by atoms with van der Waals surface area (Å²) >= 11 is 1.95. The molecule has 2 aliphatic heterocycles. The molecule has 2 aromatic rings. The van der Waals surface area contributed by atoms with E-state index in [2.05, 4.69) is 23.0 Å². The molecule has 0 spiro atoms. The van der Waals surface area contributed by atoms with Crippen molar-refractivity contribution >= 4 is 11.8 Å². The Morgan fingerprint density at radius 2 is 2.18 bits per heavy atom. The molecular weight excluding hydrogens is 292 g/mol. The van der Waals surface area contributed by atoms with Gasteiger partial charge in [0.15, 0.2) is 0 Å². The Bertz CT molecular complexity index is 716. The van der Waals surface area contributed by atoms with E-state index in [1.54, 1.807) is 0 Å². The molecule has 3 nitrogen and oxygen atoms in total. The van der Waals surface area contributed by atoms with Gasteiger partial charge in [0.25, 0.3) is 0 Å². The van der Waals surface area contributed by atoms with Gasteiger partial charge >= 0.3 is 0 Å². The predicted octanol–water partition coefficient (Wildman–Crippen LogP) is 3.76. The third-order valence-electron chi connectivity index (χ3n) is 4.34. The molecule has 0 fully saturated rings. The minimum Gasteiger partial charge on any atom is -0.488 e. The molecule has 4 heterocycles. The first-order chi connectivity index (χ1) is 10.7. The Morgan fingerprint density at radius 1 is 1.27 bits per heavy atom. The van der Waals surface area contributed by atoms with Crippen LogP contribution < -0.4 is 4.74 Å². The lowest BCUT2D eigenvalue weighted by Crippen LogP contribution is -2.14. The first kappa shape index (κ1) is 14.1. The summed E-state index contributed by atoms with van der Waals surface area (Å²) in [7, 11) is 0. The van der Waals surface area contributed by atoms with Crippen LogP contribution in [0.15, 0.2) is 29.3 Å². The number of fused-ring (bicyclic) bond motifs is 2. The van der Waals surface area contributed by atoms with Gasteiger partial charge in [-0.25, -0.2) is 0 Å². The Morgan fingerprint density at radius 3 is 3.09 bits per heavy atom. The molecule has 4 heteroatoms. The summed E-state index contributed by atoms with van der Waals surface area (Å²) in [5.41, 5.74) is 4.77. The second kappa shape index (κ2) is 5.58. The summed E-state index contributed by atoms with van der Waals surface area (Å²) < 4.78 is 6.01. The molecule has 22 heavy (non-hydrogen) atoms. The van der Waals surface area contributed by atoms with E-state index in [9.17, 15) is 0 Å². The lowest BCUT2D eigenvalue weighted by molar-refractivity contribution is 0.221. The van der Waals surface area contributed by atoms with Crippen LogP contribution in [0.4, 0.5) is 0 Å². The molecule has 2 unspecified atom stereocenters. The molecule has 2 atom stereocenters. The third kappa shape index (κ3) is 2.72. The number of aromatic nitrogens is 2. The third-order valence-corrected chi connectivity index (χ3v) is 5.51. The smallest absolute Gasteiger partial charge is 0.141 e. The SMILES string of the molecule is Cc1ccc2c(n1)CC(CCc1cnc3c(c1)SC(C)C3)O2. The second-order valence-corrected chi connectivity index (χ2v) is 7.78. The summed E-state index contributed by atoms with van der Waals surface area (Å²) in [4.78, 5) is 10.6. The van der Waals surface area contributed by atoms with Crippen molar-refractivity contribution in [1.29, 1.82) is 0 Å². The van der Waals surface area contributed by atoms with Crippen LogP contribution in [-0.2, 0) is 19.3 Å². The molecule has 0 bridgehead atoms. The zero-order chi connectivity index (χ0) is 15.1. The highest BCUT2D eigenvalue weighted by Crippen LogP contribution is 2.36. The van der Waals surface area contributed by atoms with Gasteiger partial charge in [-0.15, -0.1) is 11.8 Å². The van der Waals surface area contributed by atoms with Crippen molar-refractivity contribution in [3.8, 4) is 5.75 Å². The van der Waals surface area contributed by atoms with Gasteiger partial charge in [-0.1, -0.05) is 6.92 Å². The van der Waals surface area contributed by atoms with Crippen LogP contribution in [0.25, 0.3) is 0 Å². The van der Waals surface area contributed by atoms with E-state index < -0.39 is 0 Å². The first-order valence-corrected chi connectivity index (χ1v) is 8.83. The Hall–Kier alpha value is -1.55. The molecule has 0 saturated heterocycles. The molecular formula is C18H20N2OS. The van der Waals surface area contributed by atoms with Gasteiger partial charge in [-0.05, 0) is 43.5 Å². The fourth-order valence-electron chi connectivity index (χ4n) is 3.21. The predicted molar refractivity (Wildman–Crippen MR) is 88.7 cm³/mol. The molecule has 2 aliphatic rings. The molecule has 0 aromatic carbocycles. The number of ether oxygens (including phenoxy) is 1. The second-order valence-electron chi connectivity index (χ2n) is 6.30. The van der Waals surface area contributed by atoms with E-state index in [1.807, 2.05) is 37.0 Å². The number of rotatable bonds is 3. The summed E-state index contributed by atoms with van der Waals surface area (Å²) in [5.74, 6) is 0.965. The fourth-order valence-corrected chi connectivity index (χ4v) is 4.38. The molecule has 0 aliphatic carbocycles. The van der Waals surface area contributed by atoms with Crippen LogP contribution in [0.2, 0.25) is 0 Å². The van der Waals surface area contributed by atoms with Gasteiger partial charge in [0, 0.05) is 34.9 Å². The largest absolute Gasteiger partial charge is 0.488 e. The van der Waals surface area contributed by atoms with Crippen molar-refractivity contribution in [3.63, 3.8) is 0 Å². The van der Waals surface area contributed by atoms with E-state index in [4.69, 9.17) is 4.74 Å². The molecule has 2 aromatic heterocycles. The van der Waals surface area contributed by atoms with Gasteiger partial charge in [-0.3, -0.25) is 9.97 Å². The molecule has 4 rings (SSSR count). The average molecular weight is 312 g/mol. The van der Waals surface area contributed by atoms with Crippen LogP contribution in [0, 0.1) is 6.92 Å². The molecule has 0 N–H and O–H groups in total. The van der Waals surface area contributed by atoms with E-state index in [0.29, 0.717) is 5.25 Å². The van der Waals surface area contributed by atoms with Crippen molar-refractivity contribution in [2.24, 2.45) is 0 Å². The summed E-state index contributed by atoms with van der Waals surface area (Å²) in [6.07, 6.45) is 6.38. The number of pyridine rings is 2. The van der Waals surface area contributed by atoms with Crippen molar-refractivity contribution in [2.75, 3.05) is 0 Å². The van der Waals surface area contributed by atoms with Crippen LogP contribution in [0.3, 0.4) is 0 Å². The van der Waals surface area contributed by atoms with Crippen LogP contribution in [0.5, 0.6) is 5.75 Å².